The summed E-state index contributed by atoms with van der Waals surface area (Å²) >= 11 is 1.28. The Bertz CT molecular complexity index is 1200. The number of ether oxygens (including phenoxy) is 1. The fourth-order valence-electron chi connectivity index (χ4n) is 2.91. The van der Waals surface area contributed by atoms with Gasteiger partial charge < -0.3 is 10.1 Å². The van der Waals surface area contributed by atoms with Crippen LogP contribution in [0, 0.1) is 6.92 Å². The molecule has 164 valence electrons. The van der Waals surface area contributed by atoms with Crippen LogP contribution in [0.25, 0.3) is 10.6 Å². The lowest BCUT2D eigenvalue weighted by atomic mass is 10.2. The molecule has 11 heteroatoms. The van der Waals surface area contributed by atoms with E-state index in [-0.39, 0.29) is 17.4 Å². The predicted molar refractivity (Wildman–Crippen MR) is 112 cm³/mol. The van der Waals surface area contributed by atoms with Gasteiger partial charge in [0.1, 0.15) is 29.1 Å². The summed E-state index contributed by atoms with van der Waals surface area (Å²) in [6.45, 7) is 2.33. The van der Waals surface area contributed by atoms with Gasteiger partial charge in [0.2, 0.25) is 0 Å². The molecule has 0 saturated heterocycles. The van der Waals surface area contributed by atoms with Crippen molar-refractivity contribution >= 4 is 22.9 Å². The van der Waals surface area contributed by atoms with E-state index in [0.717, 1.165) is 5.56 Å². The molecular weight excluding hydrogens is 443 g/mol. The van der Waals surface area contributed by atoms with Crippen molar-refractivity contribution in [3.8, 4) is 16.3 Å². The molecule has 0 aliphatic carbocycles. The van der Waals surface area contributed by atoms with Gasteiger partial charge in [-0.05, 0) is 48.9 Å². The van der Waals surface area contributed by atoms with Gasteiger partial charge in [0.05, 0.1) is 6.54 Å². The maximum Gasteiger partial charge on any atom is 0.573 e. The first kappa shape index (κ1) is 21.5. The number of benzene rings is 2. The van der Waals surface area contributed by atoms with Crippen LogP contribution in [0.15, 0.2) is 61.2 Å². The molecule has 2 aromatic heterocycles. The highest BCUT2D eigenvalue weighted by Gasteiger charge is 2.31. The number of hydrogen-bond donors (Lipinski definition) is 1. The lowest BCUT2D eigenvalue weighted by Crippen LogP contribution is -2.16. The Morgan fingerprint density at radius 2 is 1.84 bits per heavy atom. The summed E-state index contributed by atoms with van der Waals surface area (Å²) in [5.74, 6) is -0.689. The second-order valence-electron chi connectivity index (χ2n) is 6.74. The maximum atomic E-state index is 12.7. The van der Waals surface area contributed by atoms with Gasteiger partial charge in [0.15, 0.2) is 0 Å². The van der Waals surface area contributed by atoms with Crippen LogP contribution >= 0.6 is 11.3 Å². The lowest BCUT2D eigenvalue weighted by Gasteiger charge is -2.08. The Morgan fingerprint density at radius 3 is 2.47 bits per heavy atom. The molecule has 0 atom stereocenters. The van der Waals surface area contributed by atoms with Gasteiger partial charge in [-0.1, -0.05) is 12.1 Å². The van der Waals surface area contributed by atoms with Crippen LogP contribution in [0.5, 0.6) is 5.75 Å². The number of nitrogens with one attached hydrogen (secondary N) is 1. The summed E-state index contributed by atoms with van der Waals surface area (Å²) < 4.78 is 42.5. The maximum absolute atomic E-state index is 12.7. The molecule has 2 heterocycles. The van der Waals surface area contributed by atoms with E-state index in [1.165, 1.54) is 41.9 Å². The van der Waals surface area contributed by atoms with Crippen LogP contribution in [-0.2, 0) is 6.54 Å². The molecule has 0 aliphatic heterocycles. The molecule has 32 heavy (non-hydrogen) atoms. The van der Waals surface area contributed by atoms with Gasteiger partial charge in [0, 0.05) is 16.1 Å². The number of anilines is 1. The van der Waals surface area contributed by atoms with E-state index in [0.29, 0.717) is 27.7 Å². The minimum atomic E-state index is -4.75. The number of carbonyl (C=O) groups excluding carboxylic acids is 1. The van der Waals surface area contributed by atoms with Crippen LogP contribution in [0.1, 0.15) is 20.9 Å². The zero-order valence-electron chi connectivity index (χ0n) is 16.6. The summed E-state index contributed by atoms with van der Waals surface area (Å²) in [7, 11) is 0. The smallest absolute Gasteiger partial charge is 0.406 e. The first-order valence-corrected chi connectivity index (χ1v) is 10.1. The third kappa shape index (κ3) is 5.30. The molecule has 0 bridgehead atoms. The van der Waals surface area contributed by atoms with E-state index in [1.807, 2.05) is 12.1 Å². The normalized spacial score (nSPS) is 11.4. The van der Waals surface area contributed by atoms with Crippen molar-refractivity contribution in [2.24, 2.45) is 0 Å². The highest BCUT2D eigenvalue weighted by atomic mass is 32.1. The summed E-state index contributed by atoms with van der Waals surface area (Å²) in [6, 6.07) is 12.7. The average Bonchev–Trinajstić information content (AvgIpc) is 3.38. The number of amides is 1. The third-order valence-electron chi connectivity index (χ3n) is 4.37. The molecule has 0 spiro atoms. The Balaban J connectivity index is 1.43. The molecular formula is C21H16F3N5O2S. The molecule has 0 fully saturated rings. The number of aryl methyl sites for hydroxylation is 1. The third-order valence-corrected chi connectivity index (χ3v) is 5.39. The zero-order chi connectivity index (χ0) is 22.7. The van der Waals surface area contributed by atoms with Crippen LogP contribution < -0.4 is 10.1 Å². The Kier molecular flexibility index (Phi) is 5.91. The molecule has 2 aromatic carbocycles. The van der Waals surface area contributed by atoms with Gasteiger partial charge in [-0.15, -0.1) is 24.5 Å². The van der Waals surface area contributed by atoms with Gasteiger partial charge in [-0.2, -0.15) is 5.10 Å². The second kappa shape index (κ2) is 8.79. The molecule has 1 N–H and O–H groups in total. The topological polar surface area (TPSA) is 81.9 Å². The first-order valence-electron chi connectivity index (χ1n) is 9.33. The monoisotopic (exact) mass is 459 g/mol. The fourth-order valence-corrected chi connectivity index (χ4v) is 3.83. The largest absolute Gasteiger partial charge is 0.573 e. The second-order valence-corrected chi connectivity index (χ2v) is 7.94. The Labute approximate surface area is 184 Å². The van der Waals surface area contributed by atoms with E-state index in [4.69, 9.17) is 0 Å². The van der Waals surface area contributed by atoms with Crippen molar-refractivity contribution < 1.29 is 22.7 Å². The average molecular weight is 459 g/mol. The lowest BCUT2D eigenvalue weighted by molar-refractivity contribution is -0.274. The van der Waals surface area contributed by atoms with Crippen LogP contribution in [0.2, 0.25) is 0 Å². The number of halogens is 3. The van der Waals surface area contributed by atoms with E-state index in [9.17, 15) is 18.0 Å². The first-order chi connectivity index (χ1) is 15.3. The van der Waals surface area contributed by atoms with Crippen LogP contribution in [0.4, 0.5) is 18.9 Å². The van der Waals surface area contributed by atoms with Gasteiger partial charge in [0.25, 0.3) is 5.91 Å². The van der Waals surface area contributed by atoms with E-state index < -0.39 is 6.36 Å². The minimum Gasteiger partial charge on any atom is -0.406 e. The van der Waals surface area contributed by atoms with Gasteiger partial charge in [-0.25, -0.2) is 14.6 Å². The molecule has 1 amide bonds. The summed E-state index contributed by atoms with van der Waals surface area (Å²) in [6.07, 6.45) is -1.67. The van der Waals surface area contributed by atoms with E-state index in [2.05, 4.69) is 25.1 Å². The SMILES string of the molecule is Cc1sc(-c2ccc(OC(F)(F)F)cc2)nc1C(=O)Nc1ccc(Cn2cncn2)cc1. The predicted octanol–water partition coefficient (Wildman–Crippen LogP) is 4.91. The molecule has 4 aromatic rings. The van der Waals surface area contributed by atoms with Crippen molar-refractivity contribution in [3.05, 3.63) is 77.3 Å². The molecule has 0 saturated carbocycles. The molecule has 0 unspecified atom stereocenters. The summed E-state index contributed by atoms with van der Waals surface area (Å²) in [4.78, 5) is 21.7. The number of hydrogen-bond acceptors (Lipinski definition) is 6. The van der Waals surface area contributed by atoms with Gasteiger partial charge in [-0.3, -0.25) is 4.79 Å². The number of nitrogens with zero attached hydrogens (tertiary/aromatic N) is 4. The van der Waals surface area contributed by atoms with Gasteiger partial charge >= 0.3 is 6.36 Å². The Hall–Kier alpha value is -3.73. The molecule has 7 nitrogen and oxygen atoms in total. The van der Waals surface area contributed by atoms with Crippen molar-refractivity contribution in [1.29, 1.82) is 0 Å². The van der Waals surface area contributed by atoms with E-state index >= 15 is 0 Å². The summed E-state index contributed by atoms with van der Waals surface area (Å²) in [5.41, 5.74) is 2.45. The van der Waals surface area contributed by atoms with Crippen molar-refractivity contribution in [3.63, 3.8) is 0 Å². The highest BCUT2D eigenvalue weighted by Crippen LogP contribution is 2.30. The fraction of sp³-hybridized carbons (Fsp3) is 0.143. The molecule has 0 aliphatic rings. The van der Waals surface area contributed by atoms with Crippen LogP contribution in [0.3, 0.4) is 0 Å². The zero-order valence-corrected chi connectivity index (χ0v) is 17.4. The number of thiazole rings is 1. The number of aromatic nitrogens is 4. The highest BCUT2D eigenvalue weighted by molar-refractivity contribution is 7.15. The standard InChI is InChI=1S/C21H16F3N5O2S/c1-13-18(28-20(32-13)15-4-8-17(9-5-15)31-21(22,23)24)19(30)27-16-6-2-14(3-7-16)10-29-12-25-11-26-29/h2-9,11-12H,10H2,1H3,(H,27,30). The number of carbonyl (C=O) groups is 1. The quantitative estimate of drug-likeness (QED) is 0.443. The number of rotatable bonds is 6. The molecule has 0 radical (unpaired) electrons. The minimum absolute atomic E-state index is 0.257. The van der Waals surface area contributed by atoms with Crippen molar-refractivity contribution in [1.82, 2.24) is 19.7 Å². The number of alkyl halides is 3. The Morgan fingerprint density at radius 1 is 1.12 bits per heavy atom. The van der Waals surface area contributed by atoms with Crippen LogP contribution in [-0.4, -0.2) is 32.0 Å². The van der Waals surface area contributed by atoms with Crippen molar-refractivity contribution in [2.75, 3.05) is 5.32 Å². The van der Waals surface area contributed by atoms with E-state index in [1.54, 1.807) is 30.1 Å². The summed E-state index contributed by atoms with van der Waals surface area (Å²) in [5, 5.41) is 7.38. The van der Waals surface area contributed by atoms with Crippen molar-refractivity contribution in [2.45, 2.75) is 19.8 Å². The molecule has 4 rings (SSSR count).